The molecule has 0 bridgehead atoms. The molecule has 1 saturated heterocycles. The molecule has 2 fully saturated rings. The molecule has 3 aliphatic rings. The van der Waals surface area contributed by atoms with Gasteiger partial charge in [-0.25, -0.2) is 9.59 Å². The Morgan fingerprint density at radius 3 is 2.48 bits per heavy atom. The molecule has 0 unspecified atom stereocenters. The van der Waals surface area contributed by atoms with Gasteiger partial charge in [0, 0.05) is 12.0 Å². The maximum absolute atomic E-state index is 12.2. The highest BCUT2D eigenvalue weighted by Gasteiger charge is 2.60. The third kappa shape index (κ3) is 5.78. The van der Waals surface area contributed by atoms with E-state index >= 15 is 0 Å². The number of ether oxygens (including phenoxy) is 5. The van der Waals surface area contributed by atoms with E-state index in [-0.39, 0.29) is 23.5 Å². The molecule has 14 nitrogen and oxygen atoms in total. The number of aromatic hydroxyl groups is 2. The van der Waals surface area contributed by atoms with Crippen molar-refractivity contribution in [1.82, 2.24) is 0 Å². The van der Waals surface area contributed by atoms with Crippen molar-refractivity contribution in [3.8, 4) is 11.5 Å². The Morgan fingerprint density at radius 2 is 1.80 bits per heavy atom. The molecule has 2 aliphatic heterocycles. The third-order valence-electron chi connectivity index (χ3n) is 7.44. The van der Waals surface area contributed by atoms with Crippen LogP contribution < -0.4 is 0 Å². The smallest absolute Gasteiger partial charge is 0.337 e. The number of hydrogen-bond donors (Lipinski definition) is 7. The minimum Gasteiger partial charge on any atom is -0.504 e. The second kappa shape index (κ2) is 11.7. The van der Waals surface area contributed by atoms with E-state index in [1.54, 1.807) is 0 Å². The number of carbonyl (C=O) groups excluding carboxylic acids is 2. The Labute approximate surface area is 228 Å². The fraction of sp³-hybridized carbons (Fsp3) is 0.538. The minimum absolute atomic E-state index is 0.00685. The number of rotatable bonds is 7. The lowest BCUT2D eigenvalue weighted by Crippen LogP contribution is -2.61. The van der Waals surface area contributed by atoms with E-state index in [1.807, 2.05) is 0 Å². The van der Waals surface area contributed by atoms with Crippen LogP contribution in [0, 0.1) is 11.8 Å². The summed E-state index contributed by atoms with van der Waals surface area (Å²) < 4.78 is 26.7. The molecule has 10 atom stereocenters. The van der Waals surface area contributed by atoms with E-state index in [4.69, 9.17) is 23.7 Å². The monoisotopic (exact) mass is 568 g/mol. The van der Waals surface area contributed by atoms with Gasteiger partial charge in [-0.05, 0) is 37.1 Å². The van der Waals surface area contributed by atoms with Crippen LogP contribution in [0.4, 0.5) is 0 Å². The normalized spacial score (nSPS) is 37.4. The number of phenols is 2. The average Bonchev–Trinajstić information content (AvgIpc) is 3.17. The largest absolute Gasteiger partial charge is 0.504 e. The first-order chi connectivity index (χ1) is 18.8. The lowest BCUT2D eigenvalue weighted by atomic mass is 9.81. The van der Waals surface area contributed by atoms with E-state index in [0.29, 0.717) is 5.56 Å². The molecule has 40 heavy (non-hydrogen) atoms. The second-order valence-corrected chi connectivity index (χ2v) is 10.0. The van der Waals surface area contributed by atoms with Crippen LogP contribution in [0.2, 0.25) is 0 Å². The Hall–Kier alpha value is -3.24. The van der Waals surface area contributed by atoms with Gasteiger partial charge in [0.05, 0.1) is 36.6 Å². The molecule has 0 amide bonds. The van der Waals surface area contributed by atoms with Gasteiger partial charge < -0.3 is 59.4 Å². The summed E-state index contributed by atoms with van der Waals surface area (Å²) in [5, 5.41) is 71.6. The van der Waals surface area contributed by atoms with E-state index < -0.39 is 79.1 Å². The van der Waals surface area contributed by atoms with Crippen LogP contribution >= 0.6 is 0 Å². The highest BCUT2D eigenvalue weighted by Crippen LogP contribution is 2.49. The molecule has 2 heterocycles. The number of phenolic OH excluding ortho intramolecular Hbond substituents is 2. The second-order valence-electron chi connectivity index (χ2n) is 10.0. The van der Waals surface area contributed by atoms with Crippen LogP contribution in [0.5, 0.6) is 11.5 Å². The quantitative estimate of drug-likeness (QED) is 0.115. The van der Waals surface area contributed by atoms with Crippen molar-refractivity contribution in [2.45, 2.75) is 62.0 Å². The number of fused-ring (bicyclic) bond motifs is 1. The van der Waals surface area contributed by atoms with E-state index in [0.717, 1.165) is 12.3 Å². The van der Waals surface area contributed by atoms with Crippen LogP contribution in [0.3, 0.4) is 0 Å². The molecule has 1 aromatic carbocycles. The fourth-order valence-electron chi connectivity index (χ4n) is 5.11. The van der Waals surface area contributed by atoms with Crippen molar-refractivity contribution in [2.24, 2.45) is 11.8 Å². The summed E-state index contributed by atoms with van der Waals surface area (Å²) >= 11 is 0. The first-order valence-electron chi connectivity index (χ1n) is 12.4. The fourth-order valence-corrected chi connectivity index (χ4v) is 5.11. The van der Waals surface area contributed by atoms with Crippen LogP contribution in [-0.4, -0.2) is 110 Å². The Balaban J connectivity index is 1.43. The van der Waals surface area contributed by atoms with Gasteiger partial charge in [0.1, 0.15) is 31.0 Å². The van der Waals surface area contributed by atoms with Gasteiger partial charge in [-0.1, -0.05) is 6.07 Å². The molecule has 1 saturated carbocycles. The van der Waals surface area contributed by atoms with Crippen molar-refractivity contribution in [2.75, 3.05) is 13.7 Å². The van der Waals surface area contributed by atoms with Crippen molar-refractivity contribution in [3.63, 3.8) is 0 Å². The van der Waals surface area contributed by atoms with Crippen molar-refractivity contribution in [1.29, 1.82) is 0 Å². The SMILES string of the molecule is COC(=O)C1=CO[C@@H](O[C@@H]2O[C@H](COC(=O)/C=C/c3ccc(O)c(O)c3)[C@@H](O)[C@H](O)[C@H]2O)[C@H]2[C@@H]1C[C@H](O)[C@]2(C)O. The summed E-state index contributed by atoms with van der Waals surface area (Å²) in [6, 6.07) is 3.89. The molecule has 0 radical (unpaired) electrons. The van der Waals surface area contributed by atoms with Crippen molar-refractivity contribution in [3.05, 3.63) is 41.7 Å². The van der Waals surface area contributed by atoms with E-state index in [1.165, 1.54) is 38.3 Å². The third-order valence-corrected chi connectivity index (χ3v) is 7.44. The molecule has 1 aromatic rings. The molecule has 0 aromatic heterocycles. The predicted molar refractivity (Wildman–Crippen MR) is 131 cm³/mol. The maximum atomic E-state index is 12.2. The molecule has 14 heteroatoms. The highest BCUT2D eigenvalue weighted by molar-refractivity contribution is 5.89. The summed E-state index contributed by atoms with van der Waals surface area (Å²) in [6.07, 6.45) is -7.45. The zero-order valence-corrected chi connectivity index (χ0v) is 21.6. The highest BCUT2D eigenvalue weighted by atomic mass is 16.8. The zero-order chi connectivity index (χ0) is 29.4. The molecule has 7 N–H and O–H groups in total. The van der Waals surface area contributed by atoms with E-state index in [9.17, 15) is 45.3 Å². The molecule has 0 spiro atoms. The molecule has 4 rings (SSSR count). The van der Waals surface area contributed by atoms with Gasteiger partial charge >= 0.3 is 11.9 Å². The van der Waals surface area contributed by atoms with Crippen LogP contribution in [0.15, 0.2) is 36.1 Å². The van der Waals surface area contributed by atoms with Crippen LogP contribution in [0.1, 0.15) is 18.9 Å². The maximum Gasteiger partial charge on any atom is 0.337 e. The summed E-state index contributed by atoms with van der Waals surface area (Å²) in [6.45, 7) is 0.781. The molecule has 1 aliphatic carbocycles. The number of aliphatic hydroxyl groups is 5. The number of carbonyl (C=O) groups is 2. The number of aliphatic hydroxyl groups excluding tert-OH is 4. The summed E-state index contributed by atoms with van der Waals surface area (Å²) in [4.78, 5) is 24.4. The Morgan fingerprint density at radius 1 is 1.07 bits per heavy atom. The number of methoxy groups -OCH3 is 1. The van der Waals surface area contributed by atoms with Gasteiger partial charge in [0.2, 0.25) is 6.29 Å². The summed E-state index contributed by atoms with van der Waals surface area (Å²) in [5.41, 5.74) is -1.32. The Bertz CT molecular complexity index is 1160. The lowest BCUT2D eigenvalue weighted by Gasteiger charge is -2.44. The first kappa shape index (κ1) is 29.7. The van der Waals surface area contributed by atoms with Gasteiger partial charge in [-0.15, -0.1) is 0 Å². The topological polar surface area (TPSA) is 222 Å². The number of esters is 2. The first-order valence-corrected chi connectivity index (χ1v) is 12.4. The van der Waals surface area contributed by atoms with E-state index in [2.05, 4.69) is 0 Å². The van der Waals surface area contributed by atoms with Gasteiger partial charge in [0.25, 0.3) is 0 Å². The number of benzene rings is 1. The summed E-state index contributed by atoms with van der Waals surface area (Å²) in [5.74, 6) is -4.04. The van der Waals surface area contributed by atoms with Crippen LogP contribution in [0.25, 0.3) is 6.08 Å². The zero-order valence-electron chi connectivity index (χ0n) is 21.6. The Kier molecular flexibility index (Phi) is 8.70. The van der Waals surface area contributed by atoms with Crippen molar-refractivity contribution < 1.29 is 69.0 Å². The summed E-state index contributed by atoms with van der Waals surface area (Å²) in [7, 11) is 1.17. The molecule has 220 valence electrons. The van der Waals surface area contributed by atoms with Gasteiger partial charge in [-0.3, -0.25) is 0 Å². The standard InChI is InChI=1S/C26H32O14/c1-26(35)17(29)8-12-13(23(34)36-2)9-38-24(19(12)26)40-25-22(33)21(32)20(31)16(39-25)10-37-18(30)6-4-11-3-5-14(27)15(28)7-11/h3-7,9,12,16-17,19-22,24-25,27-29,31-33,35H,8,10H2,1-2H3/b6-4+/t12-,16-,17+,19-,20-,21+,22-,24+,25+,26+/m1/s1. The molecular formula is C26H32O14. The van der Waals surface area contributed by atoms with Gasteiger partial charge in [0.15, 0.2) is 17.8 Å². The predicted octanol–water partition coefficient (Wildman–Crippen LogP) is -1.36. The van der Waals surface area contributed by atoms with Crippen LogP contribution in [-0.2, 0) is 33.3 Å². The average molecular weight is 569 g/mol. The van der Waals surface area contributed by atoms with Gasteiger partial charge in [-0.2, -0.15) is 0 Å². The van der Waals surface area contributed by atoms with Crippen molar-refractivity contribution >= 4 is 18.0 Å². The minimum atomic E-state index is -1.78. The number of hydrogen-bond acceptors (Lipinski definition) is 14. The lowest BCUT2D eigenvalue weighted by molar-refractivity contribution is -0.347. The molecular weight excluding hydrogens is 536 g/mol.